The van der Waals surface area contributed by atoms with E-state index in [2.05, 4.69) is 22.4 Å². The summed E-state index contributed by atoms with van der Waals surface area (Å²) in [6, 6.07) is 9.63. The molecule has 10 heteroatoms. The maximum Gasteiger partial charge on any atom is 0.416 e. The molecule has 0 bridgehead atoms. The van der Waals surface area contributed by atoms with Crippen molar-refractivity contribution in [3.05, 3.63) is 71.0 Å². The van der Waals surface area contributed by atoms with Crippen molar-refractivity contribution in [2.75, 3.05) is 6.61 Å². The minimum Gasteiger partial charge on any atom is -0.464 e. The van der Waals surface area contributed by atoms with Crippen LogP contribution in [0.5, 0.6) is 0 Å². The van der Waals surface area contributed by atoms with E-state index >= 15 is 0 Å². The van der Waals surface area contributed by atoms with E-state index < -0.39 is 29.5 Å². The lowest BCUT2D eigenvalue weighted by Crippen LogP contribution is -2.44. The number of Topliss-reactive ketones (excluding diaryl/α,β-unsaturated/α-hetero) is 1. The molecule has 1 unspecified atom stereocenters. The molecule has 3 rings (SSSR count). The summed E-state index contributed by atoms with van der Waals surface area (Å²) in [6.07, 6.45) is 3.21. The first-order valence-electron chi connectivity index (χ1n) is 13.3. The number of unbranched alkanes of at least 4 members (excludes halogenated alkanes) is 5. The summed E-state index contributed by atoms with van der Waals surface area (Å²) in [5, 5.41) is 6.88. The molecule has 0 amide bonds. The summed E-state index contributed by atoms with van der Waals surface area (Å²) >= 11 is 0. The fraction of sp³-hybridized carbons (Fsp3) is 0.448. The third kappa shape index (κ3) is 9.02. The maximum absolute atomic E-state index is 13.1. The molecule has 0 fully saturated rings. The predicted octanol–water partition coefficient (Wildman–Crippen LogP) is 6.56. The number of alkyl halides is 3. The number of esters is 1. The van der Waals surface area contributed by atoms with Gasteiger partial charge >= 0.3 is 12.1 Å². The van der Waals surface area contributed by atoms with E-state index in [4.69, 9.17) is 9.26 Å². The number of nitrogens with zero attached hydrogens (tertiary/aromatic N) is 2. The van der Waals surface area contributed by atoms with Crippen molar-refractivity contribution in [2.24, 2.45) is 0 Å². The van der Waals surface area contributed by atoms with Crippen LogP contribution >= 0.6 is 0 Å². The van der Waals surface area contributed by atoms with Crippen molar-refractivity contribution in [1.82, 2.24) is 15.5 Å². The van der Waals surface area contributed by atoms with Crippen LogP contribution < -0.4 is 5.32 Å². The van der Waals surface area contributed by atoms with Crippen LogP contribution in [0.4, 0.5) is 13.2 Å². The Kier molecular flexibility index (Phi) is 11.2. The monoisotopic (exact) mass is 545 g/mol. The lowest BCUT2D eigenvalue weighted by molar-refractivity contribution is -0.144. The quantitative estimate of drug-likeness (QED) is 0.1000. The number of carbonyl (C=O) groups is 2. The molecule has 2 aromatic carbocycles. The van der Waals surface area contributed by atoms with Gasteiger partial charge in [-0.05, 0) is 43.2 Å². The van der Waals surface area contributed by atoms with Crippen molar-refractivity contribution >= 4 is 11.8 Å². The second-order valence-corrected chi connectivity index (χ2v) is 9.24. The van der Waals surface area contributed by atoms with E-state index in [1.54, 1.807) is 31.2 Å². The van der Waals surface area contributed by atoms with Gasteiger partial charge < -0.3 is 9.26 Å². The predicted molar refractivity (Wildman–Crippen MR) is 140 cm³/mol. The summed E-state index contributed by atoms with van der Waals surface area (Å²) in [4.78, 5) is 29.9. The van der Waals surface area contributed by atoms with Gasteiger partial charge in [0, 0.05) is 24.1 Å². The Bertz CT molecular complexity index is 1210. The van der Waals surface area contributed by atoms with Crippen LogP contribution in [0.2, 0.25) is 0 Å². The van der Waals surface area contributed by atoms with Crippen LogP contribution in [0.1, 0.15) is 79.7 Å². The van der Waals surface area contributed by atoms with Crippen molar-refractivity contribution < 1.29 is 32.0 Å². The zero-order valence-corrected chi connectivity index (χ0v) is 22.2. The third-order valence-corrected chi connectivity index (χ3v) is 6.19. The number of hydrogen-bond donors (Lipinski definition) is 1. The zero-order valence-electron chi connectivity index (χ0n) is 22.2. The molecule has 0 aliphatic heterocycles. The van der Waals surface area contributed by atoms with E-state index in [9.17, 15) is 22.8 Å². The van der Waals surface area contributed by atoms with E-state index in [0.29, 0.717) is 11.7 Å². The first kappa shape index (κ1) is 30.0. The van der Waals surface area contributed by atoms with Crippen LogP contribution in [0.3, 0.4) is 0 Å². The van der Waals surface area contributed by atoms with Gasteiger partial charge in [0.25, 0.3) is 5.89 Å². The summed E-state index contributed by atoms with van der Waals surface area (Å²) < 4.78 is 49.7. The third-order valence-electron chi connectivity index (χ3n) is 6.19. The molecule has 0 aliphatic rings. The number of hydrogen-bond acceptors (Lipinski definition) is 7. The highest BCUT2D eigenvalue weighted by Crippen LogP contribution is 2.30. The lowest BCUT2D eigenvalue weighted by atomic mass is 10.0. The summed E-state index contributed by atoms with van der Waals surface area (Å²) in [7, 11) is 0. The van der Waals surface area contributed by atoms with Crippen LogP contribution in [0.25, 0.3) is 11.5 Å². The SMILES string of the molecule is CCCCCCCCc1noc(-c2ccc(CNC(C(=O)OCC)C(=O)c3cccc(C(F)(F)F)c3)cc2)n1. The van der Waals surface area contributed by atoms with Crippen molar-refractivity contribution in [3.63, 3.8) is 0 Å². The Morgan fingerprint density at radius 3 is 2.41 bits per heavy atom. The molecule has 39 heavy (non-hydrogen) atoms. The van der Waals surface area contributed by atoms with Crippen LogP contribution in [0, 0.1) is 0 Å². The molecule has 0 aliphatic carbocycles. The van der Waals surface area contributed by atoms with E-state index in [1.807, 2.05) is 0 Å². The largest absolute Gasteiger partial charge is 0.464 e. The van der Waals surface area contributed by atoms with Gasteiger partial charge in [-0.25, -0.2) is 4.79 Å². The van der Waals surface area contributed by atoms with Crippen molar-refractivity contribution in [2.45, 2.75) is 77.6 Å². The molecule has 1 atom stereocenters. The first-order valence-corrected chi connectivity index (χ1v) is 13.3. The molecule has 1 aromatic heterocycles. The summed E-state index contributed by atoms with van der Waals surface area (Å²) in [5.41, 5.74) is 0.251. The minimum absolute atomic E-state index is 0.0204. The Morgan fingerprint density at radius 2 is 1.72 bits per heavy atom. The van der Waals surface area contributed by atoms with E-state index in [-0.39, 0.29) is 18.7 Å². The van der Waals surface area contributed by atoms with Gasteiger partial charge in [-0.1, -0.05) is 68.4 Å². The highest BCUT2D eigenvalue weighted by atomic mass is 19.4. The van der Waals surface area contributed by atoms with Gasteiger partial charge in [-0.15, -0.1) is 0 Å². The number of ketones is 1. The van der Waals surface area contributed by atoms with Gasteiger partial charge in [-0.2, -0.15) is 18.2 Å². The second kappa shape index (κ2) is 14.6. The molecule has 0 saturated carbocycles. The fourth-order valence-corrected chi connectivity index (χ4v) is 4.05. The molecule has 0 spiro atoms. The van der Waals surface area contributed by atoms with Crippen LogP contribution in [0.15, 0.2) is 53.1 Å². The number of rotatable bonds is 15. The van der Waals surface area contributed by atoms with Crippen molar-refractivity contribution in [3.8, 4) is 11.5 Å². The minimum atomic E-state index is -4.61. The Hall–Kier alpha value is -3.53. The number of aryl methyl sites for hydroxylation is 1. The van der Waals surface area contributed by atoms with Gasteiger partial charge in [0.1, 0.15) is 0 Å². The van der Waals surface area contributed by atoms with Crippen LogP contribution in [-0.2, 0) is 28.7 Å². The van der Waals surface area contributed by atoms with Crippen molar-refractivity contribution in [1.29, 1.82) is 0 Å². The van der Waals surface area contributed by atoms with Crippen LogP contribution in [-0.4, -0.2) is 34.5 Å². The first-order chi connectivity index (χ1) is 18.7. The molecule has 0 radical (unpaired) electrons. The second-order valence-electron chi connectivity index (χ2n) is 9.24. The topological polar surface area (TPSA) is 94.3 Å². The van der Waals surface area contributed by atoms with Gasteiger partial charge in [0.2, 0.25) is 0 Å². The highest BCUT2D eigenvalue weighted by molar-refractivity contribution is 6.12. The molecule has 1 N–H and O–H groups in total. The fourth-order valence-electron chi connectivity index (χ4n) is 4.05. The summed E-state index contributed by atoms with van der Waals surface area (Å²) in [6.45, 7) is 3.89. The standard InChI is InChI=1S/C29H34F3N3O4/c1-3-5-6-7-8-9-13-24-34-27(39-35-24)21-16-14-20(15-17-21)19-33-25(28(37)38-4-2)26(36)22-11-10-12-23(18-22)29(30,31)32/h10-12,14-18,25,33H,3-9,13,19H2,1-2H3. The number of carbonyl (C=O) groups excluding carboxylic acids is 2. The number of nitrogens with one attached hydrogen (secondary N) is 1. The van der Waals surface area contributed by atoms with Gasteiger partial charge in [0.05, 0.1) is 12.2 Å². The normalized spacial score (nSPS) is 12.3. The molecule has 0 saturated heterocycles. The van der Waals surface area contributed by atoms with E-state index in [0.717, 1.165) is 48.6 Å². The highest BCUT2D eigenvalue weighted by Gasteiger charge is 2.33. The molecule has 3 aromatic rings. The Labute approximate surface area is 226 Å². The number of aromatic nitrogens is 2. The molecular weight excluding hydrogens is 511 g/mol. The van der Waals surface area contributed by atoms with Gasteiger partial charge in [0.15, 0.2) is 17.6 Å². The Morgan fingerprint density at radius 1 is 1.00 bits per heavy atom. The lowest BCUT2D eigenvalue weighted by Gasteiger charge is -2.17. The van der Waals surface area contributed by atoms with Gasteiger partial charge in [-0.3, -0.25) is 10.1 Å². The Balaban J connectivity index is 1.62. The number of benzene rings is 2. The molecule has 210 valence electrons. The molecule has 1 heterocycles. The molecular formula is C29H34F3N3O4. The average Bonchev–Trinajstić information content (AvgIpc) is 3.40. The zero-order chi connectivity index (χ0) is 28.3. The average molecular weight is 546 g/mol. The van der Waals surface area contributed by atoms with E-state index in [1.165, 1.54) is 31.7 Å². The summed E-state index contributed by atoms with van der Waals surface area (Å²) in [5.74, 6) is -0.601. The maximum atomic E-state index is 13.1. The molecule has 7 nitrogen and oxygen atoms in total. The smallest absolute Gasteiger partial charge is 0.416 e. The number of ether oxygens (including phenoxy) is 1. The number of halogens is 3.